The molecule has 31 heavy (non-hydrogen) atoms. The molecule has 0 aliphatic heterocycles. The first kappa shape index (κ1) is 21.0. The van der Waals surface area contributed by atoms with Gasteiger partial charge in [-0.15, -0.1) is 0 Å². The quantitative estimate of drug-likeness (QED) is 0.411. The normalized spacial score (nSPS) is 11.8. The number of rotatable bonds is 8. The molecule has 2 aromatic heterocycles. The monoisotopic (exact) mass is 436 g/mol. The van der Waals surface area contributed by atoms with Crippen molar-refractivity contribution in [3.63, 3.8) is 0 Å². The first-order valence-electron chi connectivity index (χ1n) is 10.1. The van der Waals surface area contributed by atoms with Crippen LogP contribution in [-0.2, 0) is 10.0 Å². The second-order valence-corrected chi connectivity index (χ2v) is 9.12. The predicted octanol–water partition coefficient (Wildman–Crippen LogP) is 3.33. The number of benzene rings is 2. The van der Waals surface area contributed by atoms with E-state index in [-0.39, 0.29) is 17.4 Å². The molecule has 2 heterocycles. The van der Waals surface area contributed by atoms with Gasteiger partial charge >= 0.3 is 0 Å². The molecule has 9 heteroatoms. The topological polar surface area (TPSA) is 102 Å². The van der Waals surface area contributed by atoms with Gasteiger partial charge in [0.2, 0.25) is 10.0 Å². The van der Waals surface area contributed by atoms with Crippen LogP contribution in [0.4, 0.5) is 5.82 Å². The Morgan fingerprint density at radius 2 is 1.61 bits per heavy atom. The number of anilines is 1. The third-order valence-corrected chi connectivity index (χ3v) is 6.20. The summed E-state index contributed by atoms with van der Waals surface area (Å²) >= 11 is 0. The summed E-state index contributed by atoms with van der Waals surface area (Å²) in [7, 11) is -3.55. The van der Waals surface area contributed by atoms with Gasteiger partial charge in [0.25, 0.3) is 0 Å². The molecular weight excluding hydrogens is 412 g/mol. The summed E-state index contributed by atoms with van der Waals surface area (Å²) in [6.07, 6.45) is 1.73. The molecule has 0 spiro atoms. The molecule has 0 atom stereocenters. The fraction of sp³-hybridized carbons (Fsp3) is 0.227. The average Bonchev–Trinajstić information content (AvgIpc) is 3.22. The largest absolute Gasteiger partial charge is 0.368 e. The van der Waals surface area contributed by atoms with Crippen LogP contribution in [0, 0.1) is 0 Å². The highest BCUT2D eigenvalue weighted by molar-refractivity contribution is 7.89. The van der Waals surface area contributed by atoms with Crippen LogP contribution in [-0.4, -0.2) is 41.3 Å². The second kappa shape index (κ2) is 8.83. The average molecular weight is 437 g/mol. The van der Waals surface area contributed by atoms with Gasteiger partial charge in [0, 0.05) is 19.0 Å². The van der Waals surface area contributed by atoms with Crippen molar-refractivity contribution in [1.29, 1.82) is 0 Å². The number of hydrogen-bond acceptors (Lipinski definition) is 6. The third-order valence-electron chi connectivity index (χ3n) is 4.73. The lowest BCUT2D eigenvalue weighted by atomic mass is 10.2. The van der Waals surface area contributed by atoms with Gasteiger partial charge < -0.3 is 5.32 Å². The molecule has 2 aromatic carbocycles. The molecule has 0 aliphatic carbocycles. The standard InChI is InChI=1S/C22H24N6O2S/c1-16(2)20-26-21(23-13-14-25-31(29,30)18-11-7-4-8-12-18)19-15-24-28(22(19)27-20)17-9-5-3-6-10-17/h3-12,15-16,25H,13-14H2,1-2H3,(H,23,26,27). The van der Waals surface area contributed by atoms with Crippen molar-refractivity contribution in [1.82, 2.24) is 24.5 Å². The highest BCUT2D eigenvalue weighted by Crippen LogP contribution is 2.25. The number of aromatic nitrogens is 4. The van der Waals surface area contributed by atoms with Crippen LogP contribution in [0.25, 0.3) is 16.7 Å². The Morgan fingerprint density at radius 3 is 2.29 bits per heavy atom. The van der Waals surface area contributed by atoms with Crippen molar-refractivity contribution >= 4 is 26.9 Å². The molecule has 0 bridgehead atoms. The molecule has 0 saturated carbocycles. The highest BCUT2D eigenvalue weighted by Gasteiger charge is 2.16. The van der Waals surface area contributed by atoms with Gasteiger partial charge in [0.05, 0.1) is 22.2 Å². The fourth-order valence-corrected chi connectivity index (χ4v) is 4.18. The van der Waals surface area contributed by atoms with E-state index in [1.807, 2.05) is 44.2 Å². The number of hydrogen-bond donors (Lipinski definition) is 2. The van der Waals surface area contributed by atoms with E-state index in [2.05, 4.69) is 20.1 Å². The van der Waals surface area contributed by atoms with Crippen LogP contribution in [0.5, 0.6) is 0 Å². The zero-order valence-electron chi connectivity index (χ0n) is 17.4. The zero-order chi connectivity index (χ0) is 21.8. The molecule has 2 N–H and O–H groups in total. The van der Waals surface area contributed by atoms with E-state index in [0.717, 1.165) is 11.1 Å². The van der Waals surface area contributed by atoms with Crippen molar-refractivity contribution < 1.29 is 8.42 Å². The molecule has 4 aromatic rings. The molecule has 0 radical (unpaired) electrons. The van der Waals surface area contributed by atoms with E-state index in [1.165, 1.54) is 0 Å². The van der Waals surface area contributed by atoms with Crippen molar-refractivity contribution in [3.8, 4) is 5.69 Å². The third kappa shape index (κ3) is 4.57. The molecule has 8 nitrogen and oxygen atoms in total. The molecule has 0 aliphatic rings. The van der Waals surface area contributed by atoms with Crippen LogP contribution >= 0.6 is 0 Å². The van der Waals surface area contributed by atoms with Crippen LogP contribution < -0.4 is 10.0 Å². The highest BCUT2D eigenvalue weighted by atomic mass is 32.2. The lowest BCUT2D eigenvalue weighted by molar-refractivity contribution is 0.583. The number of fused-ring (bicyclic) bond motifs is 1. The second-order valence-electron chi connectivity index (χ2n) is 7.35. The van der Waals surface area contributed by atoms with E-state index in [1.54, 1.807) is 41.2 Å². The van der Waals surface area contributed by atoms with Gasteiger partial charge in [-0.2, -0.15) is 5.10 Å². The van der Waals surface area contributed by atoms with Crippen molar-refractivity contribution in [3.05, 3.63) is 72.7 Å². The van der Waals surface area contributed by atoms with E-state index >= 15 is 0 Å². The summed E-state index contributed by atoms with van der Waals surface area (Å²) in [5, 5.41) is 8.51. The Morgan fingerprint density at radius 1 is 0.935 bits per heavy atom. The Kier molecular flexibility index (Phi) is 5.97. The lowest BCUT2D eigenvalue weighted by Crippen LogP contribution is -2.29. The van der Waals surface area contributed by atoms with Crippen molar-refractivity contribution in [2.24, 2.45) is 0 Å². The molecule has 0 amide bonds. The predicted molar refractivity (Wildman–Crippen MR) is 121 cm³/mol. The van der Waals surface area contributed by atoms with Crippen LogP contribution in [0.15, 0.2) is 71.8 Å². The maximum atomic E-state index is 12.4. The van der Waals surface area contributed by atoms with Gasteiger partial charge in [-0.05, 0) is 24.3 Å². The first-order chi connectivity index (χ1) is 15.0. The SMILES string of the molecule is CC(C)c1nc(NCCNS(=O)(=O)c2ccccc2)c2cnn(-c3ccccc3)c2n1. The minimum atomic E-state index is -3.55. The minimum absolute atomic E-state index is 0.126. The minimum Gasteiger partial charge on any atom is -0.368 e. The van der Waals surface area contributed by atoms with E-state index in [0.29, 0.717) is 23.8 Å². The summed E-state index contributed by atoms with van der Waals surface area (Å²) in [4.78, 5) is 9.60. The van der Waals surface area contributed by atoms with Gasteiger partial charge in [-0.1, -0.05) is 50.2 Å². The molecule has 4 rings (SSSR count). The number of nitrogens with one attached hydrogen (secondary N) is 2. The van der Waals surface area contributed by atoms with E-state index < -0.39 is 10.0 Å². The Bertz CT molecular complexity index is 1270. The fourth-order valence-electron chi connectivity index (χ4n) is 3.13. The summed E-state index contributed by atoms with van der Waals surface area (Å²) in [5.74, 6) is 1.45. The number of para-hydroxylation sites is 1. The lowest BCUT2D eigenvalue weighted by Gasteiger charge is -2.12. The summed E-state index contributed by atoms with van der Waals surface area (Å²) < 4.78 is 29.2. The molecule has 0 saturated heterocycles. The first-order valence-corrected chi connectivity index (χ1v) is 11.5. The van der Waals surface area contributed by atoms with Crippen LogP contribution in [0.1, 0.15) is 25.6 Å². The summed E-state index contributed by atoms with van der Waals surface area (Å²) in [5.41, 5.74) is 1.62. The Hall–Kier alpha value is -3.30. The number of nitrogens with zero attached hydrogens (tertiary/aromatic N) is 4. The number of sulfonamides is 1. The van der Waals surface area contributed by atoms with Gasteiger partial charge in [0.1, 0.15) is 11.6 Å². The van der Waals surface area contributed by atoms with Gasteiger partial charge in [-0.3, -0.25) is 0 Å². The van der Waals surface area contributed by atoms with Crippen molar-refractivity contribution in [2.75, 3.05) is 18.4 Å². The van der Waals surface area contributed by atoms with E-state index in [9.17, 15) is 8.42 Å². The molecule has 160 valence electrons. The smallest absolute Gasteiger partial charge is 0.240 e. The van der Waals surface area contributed by atoms with Crippen LogP contribution in [0.2, 0.25) is 0 Å². The van der Waals surface area contributed by atoms with Crippen molar-refractivity contribution in [2.45, 2.75) is 24.7 Å². The van der Waals surface area contributed by atoms with Gasteiger partial charge in [-0.25, -0.2) is 27.8 Å². The Labute approximate surface area is 181 Å². The Balaban J connectivity index is 1.55. The maximum Gasteiger partial charge on any atom is 0.240 e. The molecule has 0 fully saturated rings. The molecule has 0 unspecified atom stereocenters. The zero-order valence-corrected chi connectivity index (χ0v) is 18.2. The summed E-state index contributed by atoms with van der Waals surface area (Å²) in [6, 6.07) is 18.1. The summed E-state index contributed by atoms with van der Waals surface area (Å²) in [6.45, 7) is 4.64. The molecular formula is C22H24N6O2S. The van der Waals surface area contributed by atoms with Gasteiger partial charge in [0.15, 0.2) is 5.65 Å². The maximum absolute atomic E-state index is 12.4. The van der Waals surface area contributed by atoms with E-state index in [4.69, 9.17) is 4.98 Å². The van der Waals surface area contributed by atoms with Crippen LogP contribution in [0.3, 0.4) is 0 Å².